The molecule has 0 aliphatic carbocycles. The van der Waals surface area contributed by atoms with Crippen LogP contribution in [0.25, 0.3) is 5.76 Å². The molecule has 0 bridgehead atoms. The summed E-state index contributed by atoms with van der Waals surface area (Å²) in [5, 5.41) is 11.1. The smallest absolute Gasteiger partial charge is 0.507 e. The molecule has 2 heterocycles. The zero-order chi connectivity index (χ0) is 25.9. The second kappa shape index (κ2) is 10.1. The van der Waals surface area contributed by atoms with E-state index in [2.05, 4.69) is 9.72 Å². The zero-order valence-corrected chi connectivity index (χ0v) is 19.0. The van der Waals surface area contributed by atoms with Crippen molar-refractivity contribution in [3.8, 4) is 11.5 Å². The number of Topliss-reactive ketones (excluding diaryl/α,β-unsaturated/α-hetero) is 1. The molecule has 1 amide bonds. The van der Waals surface area contributed by atoms with Crippen LogP contribution >= 0.6 is 0 Å². The van der Waals surface area contributed by atoms with Crippen molar-refractivity contribution in [2.45, 2.75) is 25.7 Å². The predicted molar refractivity (Wildman–Crippen MR) is 124 cm³/mol. The highest BCUT2D eigenvalue weighted by Gasteiger charge is 2.47. The fourth-order valence-corrected chi connectivity index (χ4v) is 3.87. The van der Waals surface area contributed by atoms with Crippen molar-refractivity contribution < 1.29 is 37.3 Å². The number of amides is 1. The van der Waals surface area contributed by atoms with Crippen molar-refractivity contribution in [3.05, 3.63) is 89.8 Å². The Bertz CT molecular complexity index is 1290. The average Bonchev–Trinajstić information content (AvgIpc) is 3.12. The number of halogens is 3. The number of hydrogen-bond donors (Lipinski definition) is 1. The summed E-state index contributed by atoms with van der Waals surface area (Å²) in [4.78, 5) is 31.3. The van der Waals surface area contributed by atoms with Gasteiger partial charge in [0.2, 0.25) is 0 Å². The van der Waals surface area contributed by atoms with E-state index in [1.165, 1.54) is 24.5 Å². The lowest BCUT2D eigenvalue weighted by molar-refractivity contribution is -0.274. The SMILES string of the molecule is CCCOc1ccc(/C(O)=C2\C(=O)C(=O)N(c3cccc(OC(F)(F)F)c3)C2c2ccncc2)cc1. The van der Waals surface area contributed by atoms with Crippen LogP contribution in [-0.4, -0.2) is 34.8 Å². The number of aromatic nitrogens is 1. The molecule has 1 fully saturated rings. The molecule has 7 nitrogen and oxygen atoms in total. The molecule has 2 aromatic carbocycles. The van der Waals surface area contributed by atoms with E-state index in [1.807, 2.05) is 6.92 Å². The molecular formula is C26H21F3N2O5. The number of anilines is 1. The minimum absolute atomic E-state index is 0.0111. The second-order valence-electron chi connectivity index (χ2n) is 7.87. The van der Waals surface area contributed by atoms with Gasteiger partial charge >= 0.3 is 6.36 Å². The molecule has 3 aromatic rings. The molecule has 1 saturated heterocycles. The summed E-state index contributed by atoms with van der Waals surface area (Å²) < 4.78 is 47.8. The quantitative estimate of drug-likeness (QED) is 0.267. The normalized spacial score (nSPS) is 17.3. The first-order valence-electron chi connectivity index (χ1n) is 11.0. The minimum Gasteiger partial charge on any atom is -0.507 e. The van der Waals surface area contributed by atoms with Gasteiger partial charge in [-0.15, -0.1) is 13.2 Å². The highest BCUT2D eigenvalue weighted by molar-refractivity contribution is 6.51. The van der Waals surface area contributed by atoms with Crippen molar-refractivity contribution in [1.29, 1.82) is 0 Å². The molecule has 1 N–H and O–H groups in total. The number of rotatable bonds is 7. The molecule has 1 aliphatic heterocycles. The van der Waals surface area contributed by atoms with Crippen LogP contribution in [0.4, 0.5) is 18.9 Å². The van der Waals surface area contributed by atoms with Crippen molar-refractivity contribution in [2.75, 3.05) is 11.5 Å². The Hall–Kier alpha value is -4.34. The Morgan fingerprint density at radius 1 is 1.03 bits per heavy atom. The molecule has 4 rings (SSSR count). The van der Waals surface area contributed by atoms with Crippen LogP contribution in [-0.2, 0) is 9.59 Å². The van der Waals surface area contributed by atoms with Gasteiger partial charge in [-0.2, -0.15) is 0 Å². The molecule has 1 unspecified atom stereocenters. The van der Waals surface area contributed by atoms with E-state index in [-0.39, 0.29) is 16.8 Å². The number of pyridine rings is 1. The van der Waals surface area contributed by atoms with Gasteiger partial charge < -0.3 is 14.6 Å². The number of hydrogen-bond acceptors (Lipinski definition) is 6. The van der Waals surface area contributed by atoms with Crippen LogP contribution in [0.5, 0.6) is 11.5 Å². The van der Waals surface area contributed by atoms with Crippen LogP contribution in [0.1, 0.15) is 30.5 Å². The van der Waals surface area contributed by atoms with Gasteiger partial charge in [-0.25, -0.2) is 0 Å². The summed E-state index contributed by atoms with van der Waals surface area (Å²) in [6.07, 6.45) is -1.24. The molecule has 10 heteroatoms. The van der Waals surface area contributed by atoms with Gasteiger partial charge in [-0.1, -0.05) is 13.0 Å². The van der Waals surface area contributed by atoms with E-state index >= 15 is 0 Å². The molecule has 1 aromatic heterocycles. The Morgan fingerprint density at radius 3 is 2.36 bits per heavy atom. The maximum atomic E-state index is 13.1. The Labute approximate surface area is 204 Å². The van der Waals surface area contributed by atoms with Crippen molar-refractivity contribution in [1.82, 2.24) is 4.98 Å². The maximum Gasteiger partial charge on any atom is 0.573 e. The van der Waals surface area contributed by atoms with E-state index in [0.29, 0.717) is 17.9 Å². The Balaban J connectivity index is 1.81. The third-order valence-electron chi connectivity index (χ3n) is 5.40. The first kappa shape index (κ1) is 24.8. The van der Waals surface area contributed by atoms with Gasteiger partial charge in [0.05, 0.1) is 18.2 Å². The third-order valence-corrected chi connectivity index (χ3v) is 5.40. The van der Waals surface area contributed by atoms with Gasteiger partial charge in [-0.05, 0) is 60.5 Å². The maximum absolute atomic E-state index is 13.1. The monoisotopic (exact) mass is 498 g/mol. The number of aliphatic hydroxyl groups is 1. The second-order valence-corrected chi connectivity index (χ2v) is 7.87. The highest BCUT2D eigenvalue weighted by Crippen LogP contribution is 2.43. The Morgan fingerprint density at radius 2 is 1.72 bits per heavy atom. The highest BCUT2D eigenvalue weighted by atomic mass is 19.4. The lowest BCUT2D eigenvalue weighted by Crippen LogP contribution is -2.29. The Kier molecular flexibility index (Phi) is 6.96. The summed E-state index contributed by atoms with van der Waals surface area (Å²) in [6.45, 7) is 2.47. The summed E-state index contributed by atoms with van der Waals surface area (Å²) in [7, 11) is 0. The zero-order valence-electron chi connectivity index (χ0n) is 19.0. The largest absolute Gasteiger partial charge is 0.573 e. The molecule has 0 spiro atoms. The van der Waals surface area contributed by atoms with Crippen molar-refractivity contribution >= 4 is 23.1 Å². The number of aliphatic hydroxyl groups excluding tert-OH is 1. The van der Waals surface area contributed by atoms with Crippen molar-refractivity contribution in [3.63, 3.8) is 0 Å². The minimum atomic E-state index is -4.94. The summed E-state index contributed by atoms with van der Waals surface area (Å²) >= 11 is 0. The number of ether oxygens (including phenoxy) is 2. The van der Waals surface area contributed by atoms with Crippen LogP contribution in [0, 0.1) is 0 Å². The van der Waals surface area contributed by atoms with E-state index in [1.54, 1.807) is 36.4 Å². The topological polar surface area (TPSA) is 89.0 Å². The first-order valence-corrected chi connectivity index (χ1v) is 11.0. The average molecular weight is 498 g/mol. The third kappa shape index (κ3) is 5.17. The number of nitrogens with zero attached hydrogens (tertiary/aromatic N) is 2. The number of benzene rings is 2. The van der Waals surface area contributed by atoms with Gasteiger partial charge in [0.25, 0.3) is 11.7 Å². The van der Waals surface area contributed by atoms with Gasteiger partial charge in [0.15, 0.2) is 0 Å². The summed E-state index contributed by atoms with van der Waals surface area (Å²) in [6, 6.07) is 13.1. The summed E-state index contributed by atoms with van der Waals surface area (Å²) in [5.74, 6) is -2.41. The van der Waals surface area contributed by atoms with Gasteiger partial charge in [-0.3, -0.25) is 19.5 Å². The molecule has 1 aliphatic rings. The number of alkyl halides is 3. The van der Waals surface area contributed by atoms with Gasteiger partial charge in [0, 0.05) is 29.7 Å². The van der Waals surface area contributed by atoms with Crippen molar-refractivity contribution in [2.24, 2.45) is 0 Å². The van der Waals surface area contributed by atoms with Crippen LogP contribution in [0.15, 0.2) is 78.6 Å². The van der Waals surface area contributed by atoms with E-state index in [4.69, 9.17) is 4.74 Å². The predicted octanol–water partition coefficient (Wildman–Crippen LogP) is 5.40. The molecule has 0 saturated carbocycles. The molecule has 186 valence electrons. The van der Waals surface area contributed by atoms with Crippen LogP contribution in [0.3, 0.4) is 0 Å². The first-order chi connectivity index (χ1) is 17.2. The number of carbonyl (C=O) groups is 2. The number of ketones is 1. The molecule has 36 heavy (non-hydrogen) atoms. The molecular weight excluding hydrogens is 477 g/mol. The van der Waals surface area contributed by atoms with Gasteiger partial charge in [0.1, 0.15) is 17.3 Å². The van der Waals surface area contributed by atoms with Crippen LogP contribution < -0.4 is 14.4 Å². The fraction of sp³-hybridized carbons (Fsp3) is 0.192. The van der Waals surface area contributed by atoms with E-state index in [0.717, 1.165) is 23.5 Å². The molecule has 1 atom stereocenters. The van der Waals surface area contributed by atoms with E-state index in [9.17, 15) is 27.9 Å². The van der Waals surface area contributed by atoms with Crippen LogP contribution in [0.2, 0.25) is 0 Å². The van der Waals surface area contributed by atoms with E-state index < -0.39 is 35.6 Å². The lowest BCUT2D eigenvalue weighted by atomic mass is 9.95. The summed E-state index contributed by atoms with van der Waals surface area (Å²) in [5.41, 5.74) is 0.472. The fourth-order valence-electron chi connectivity index (χ4n) is 3.87. The molecule has 0 radical (unpaired) electrons. The standard InChI is InChI=1S/C26H21F3N2O5/c1-2-14-35-19-8-6-17(7-9-19)23(32)21-22(16-10-12-30-13-11-16)31(25(34)24(21)33)18-4-3-5-20(15-18)36-26(27,28)29/h3-13,15,22,32H,2,14H2,1H3/b23-21+. The lowest BCUT2D eigenvalue weighted by Gasteiger charge is -2.25. The number of carbonyl (C=O) groups excluding carboxylic acids is 2.